The van der Waals surface area contributed by atoms with Crippen molar-refractivity contribution in [2.24, 2.45) is 0 Å². The van der Waals surface area contributed by atoms with Crippen molar-refractivity contribution >= 4 is 51.3 Å². The highest BCUT2D eigenvalue weighted by molar-refractivity contribution is 14.1. The Morgan fingerprint density at radius 1 is 1.22 bits per heavy atom. The predicted octanol–water partition coefficient (Wildman–Crippen LogP) is 4.28. The van der Waals surface area contributed by atoms with Crippen LogP contribution >= 0.6 is 34.2 Å². The molecule has 0 aromatic heterocycles. The molecule has 0 aliphatic rings. The molecule has 0 saturated carbocycles. The molecule has 0 fully saturated rings. The first kappa shape index (κ1) is 13.3. The molecule has 3 N–H and O–H groups in total. The van der Waals surface area contributed by atoms with Gasteiger partial charge < -0.3 is 15.8 Å². The fourth-order valence-corrected chi connectivity index (χ4v) is 2.47. The van der Waals surface area contributed by atoms with Crippen LogP contribution in [0.25, 0.3) is 0 Å². The van der Waals surface area contributed by atoms with Crippen LogP contribution in [-0.4, -0.2) is 7.11 Å². The Balaban J connectivity index is 2.34. The standard InChI is InChI=1S/C13H12ClIN2O/c1-18-12-4-2-3-11(13(12)16)17-10-6-5-8(15)7-9(10)14/h2-7,17H,16H2,1H3. The summed E-state index contributed by atoms with van der Waals surface area (Å²) in [4.78, 5) is 0. The van der Waals surface area contributed by atoms with E-state index in [1.165, 1.54) is 0 Å². The number of methoxy groups -OCH3 is 1. The Bertz CT molecular complexity index is 575. The second-order valence-electron chi connectivity index (χ2n) is 3.67. The van der Waals surface area contributed by atoms with E-state index in [-0.39, 0.29) is 0 Å². The lowest BCUT2D eigenvalue weighted by Crippen LogP contribution is -1.99. The van der Waals surface area contributed by atoms with E-state index in [1.54, 1.807) is 7.11 Å². The minimum absolute atomic E-state index is 0.564. The summed E-state index contributed by atoms with van der Waals surface area (Å²) in [5.74, 6) is 0.640. The average Bonchev–Trinajstić information content (AvgIpc) is 2.35. The lowest BCUT2D eigenvalue weighted by Gasteiger charge is -2.13. The number of benzene rings is 2. The Kier molecular flexibility index (Phi) is 4.19. The number of hydrogen-bond donors (Lipinski definition) is 2. The van der Waals surface area contributed by atoms with Gasteiger partial charge in [-0.2, -0.15) is 0 Å². The number of hydrogen-bond acceptors (Lipinski definition) is 3. The lowest BCUT2D eigenvalue weighted by molar-refractivity contribution is 0.417. The number of rotatable bonds is 3. The maximum atomic E-state index is 6.17. The molecule has 0 saturated heterocycles. The van der Waals surface area contributed by atoms with Crippen LogP contribution in [0.4, 0.5) is 17.1 Å². The van der Waals surface area contributed by atoms with E-state index in [0.717, 1.165) is 14.9 Å². The lowest BCUT2D eigenvalue weighted by atomic mass is 10.2. The predicted molar refractivity (Wildman–Crippen MR) is 84.9 cm³/mol. The summed E-state index contributed by atoms with van der Waals surface area (Å²) < 4.78 is 6.26. The Hall–Kier alpha value is -1.14. The number of anilines is 3. The number of halogens is 2. The van der Waals surface area contributed by atoms with Gasteiger partial charge in [0.05, 0.1) is 29.2 Å². The zero-order valence-corrected chi connectivity index (χ0v) is 12.6. The molecule has 2 aromatic rings. The number of nitrogens with one attached hydrogen (secondary N) is 1. The van der Waals surface area contributed by atoms with Crippen LogP contribution in [0.3, 0.4) is 0 Å². The molecule has 3 nitrogen and oxygen atoms in total. The van der Waals surface area contributed by atoms with Gasteiger partial charge in [-0.3, -0.25) is 0 Å². The molecule has 0 amide bonds. The van der Waals surface area contributed by atoms with Gasteiger partial charge in [-0.25, -0.2) is 0 Å². The topological polar surface area (TPSA) is 47.3 Å². The second-order valence-corrected chi connectivity index (χ2v) is 5.32. The highest BCUT2D eigenvalue weighted by Crippen LogP contribution is 2.33. The Labute approximate surface area is 124 Å². The van der Waals surface area contributed by atoms with Crippen molar-refractivity contribution in [2.75, 3.05) is 18.2 Å². The van der Waals surface area contributed by atoms with Gasteiger partial charge >= 0.3 is 0 Å². The van der Waals surface area contributed by atoms with Crippen LogP contribution in [0.2, 0.25) is 5.02 Å². The Morgan fingerprint density at radius 2 is 2.00 bits per heavy atom. The van der Waals surface area contributed by atoms with E-state index in [1.807, 2.05) is 36.4 Å². The average molecular weight is 375 g/mol. The minimum Gasteiger partial charge on any atom is -0.495 e. The maximum Gasteiger partial charge on any atom is 0.143 e. The smallest absolute Gasteiger partial charge is 0.143 e. The van der Waals surface area contributed by atoms with E-state index in [4.69, 9.17) is 22.1 Å². The number of ether oxygens (including phenoxy) is 1. The van der Waals surface area contributed by atoms with E-state index < -0.39 is 0 Å². The van der Waals surface area contributed by atoms with Crippen molar-refractivity contribution in [3.8, 4) is 5.75 Å². The molecule has 94 valence electrons. The summed E-state index contributed by atoms with van der Waals surface area (Å²) >= 11 is 8.38. The third kappa shape index (κ3) is 2.81. The molecule has 0 radical (unpaired) electrons. The summed E-state index contributed by atoms with van der Waals surface area (Å²) in [7, 11) is 1.59. The van der Waals surface area contributed by atoms with Crippen molar-refractivity contribution in [1.29, 1.82) is 0 Å². The fraction of sp³-hybridized carbons (Fsp3) is 0.0769. The molecule has 2 aromatic carbocycles. The molecule has 5 heteroatoms. The highest BCUT2D eigenvalue weighted by Gasteiger charge is 2.07. The third-order valence-corrected chi connectivity index (χ3v) is 3.47. The van der Waals surface area contributed by atoms with Crippen LogP contribution in [0.1, 0.15) is 0 Å². The largest absolute Gasteiger partial charge is 0.495 e. The molecule has 0 aliphatic heterocycles. The SMILES string of the molecule is COc1cccc(Nc2ccc(I)cc2Cl)c1N. The van der Waals surface area contributed by atoms with Crippen molar-refractivity contribution in [3.63, 3.8) is 0 Å². The number of para-hydroxylation sites is 1. The summed E-state index contributed by atoms with van der Waals surface area (Å²) in [5.41, 5.74) is 8.15. The third-order valence-electron chi connectivity index (χ3n) is 2.49. The van der Waals surface area contributed by atoms with Gasteiger partial charge in [-0.15, -0.1) is 0 Å². The van der Waals surface area contributed by atoms with Gasteiger partial charge in [0, 0.05) is 3.57 Å². The fourth-order valence-electron chi connectivity index (χ4n) is 1.57. The first-order valence-electron chi connectivity index (χ1n) is 5.26. The molecule has 0 aliphatic carbocycles. The van der Waals surface area contributed by atoms with Crippen molar-refractivity contribution in [3.05, 3.63) is 45.0 Å². The summed E-state index contributed by atoms with van der Waals surface area (Å²) in [6.07, 6.45) is 0. The molecule has 18 heavy (non-hydrogen) atoms. The monoisotopic (exact) mass is 374 g/mol. The quantitative estimate of drug-likeness (QED) is 0.623. The molecule has 0 heterocycles. The normalized spacial score (nSPS) is 10.2. The van der Waals surface area contributed by atoms with Crippen LogP contribution in [0, 0.1) is 3.57 Å². The second kappa shape index (κ2) is 5.67. The van der Waals surface area contributed by atoms with Gasteiger partial charge in [0.1, 0.15) is 5.75 Å². The van der Waals surface area contributed by atoms with E-state index in [9.17, 15) is 0 Å². The summed E-state index contributed by atoms with van der Waals surface area (Å²) in [6, 6.07) is 11.4. The Morgan fingerprint density at radius 3 is 2.67 bits per heavy atom. The van der Waals surface area contributed by atoms with Gasteiger partial charge in [0.25, 0.3) is 0 Å². The first-order chi connectivity index (χ1) is 8.61. The molecule has 0 atom stereocenters. The molecule has 0 spiro atoms. The van der Waals surface area contributed by atoms with Gasteiger partial charge in [-0.1, -0.05) is 17.7 Å². The van der Waals surface area contributed by atoms with Crippen molar-refractivity contribution < 1.29 is 4.74 Å². The van der Waals surface area contributed by atoms with Gasteiger partial charge in [-0.05, 0) is 52.9 Å². The zero-order chi connectivity index (χ0) is 13.1. The van der Waals surface area contributed by atoms with Gasteiger partial charge in [0.15, 0.2) is 0 Å². The van der Waals surface area contributed by atoms with E-state index in [0.29, 0.717) is 16.5 Å². The molecular formula is C13H12ClIN2O. The van der Waals surface area contributed by atoms with Gasteiger partial charge in [0.2, 0.25) is 0 Å². The number of nitrogens with two attached hydrogens (primary N) is 1. The summed E-state index contributed by atoms with van der Waals surface area (Å²) in [5, 5.41) is 3.86. The molecular weight excluding hydrogens is 363 g/mol. The minimum atomic E-state index is 0.564. The molecule has 2 rings (SSSR count). The number of nitrogen functional groups attached to an aromatic ring is 1. The van der Waals surface area contributed by atoms with Crippen LogP contribution in [0.15, 0.2) is 36.4 Å². The van der Waals surface area contributed by atoms with Crippen LogP contribution in [0.5, 0.6) is 5.75 Å². The maximum absolute atomic E-state index is 6.17. The molecule has 0 bridgehead atoms. The summed E-state index contributed by atoms with van der Waals surface area (Å²) in [6.45, 7) is 0. The first-order valence-corrected chi connectivity index (χ1v) is 6.72. The van der Waals surface area contributed by atoms with Crippen LogP contribution in [-0.2, 0) is 0 Å². The van der Waals surface area contributed by atoms with Crippen LogP contribution < -0.4 is 15.8 Å². The van der Waals surface area contributed by atoms with Crippen molar-refractivity contribution in [1.82, 2.24) is 0 Å². The highest BCUT2D eigenvalue weighted by atomic mass is 127. The molecule has 0 unspecified atom stereocenters. The van der Waals surface area contributed by atoms with E-state index in [2.05, 4.69) is 27.9 Å². The van der Waals surface area contributed by atoms with Crippen molar-refractivity contribution in [2.45, 2.75) is 0 Å². The van der Waals surface area contributed by atoms with E-state index >= 15 is 0 Å². The zero-order valence-electron chi connectivity index (χ0n) is 9.71.